The molecule has 1 saturated heterocycles. The number of fused-ring (bicyclic) bond motifs is 4. The first-order valence-electron chi connectivity index (χ1n) is 8.76. The van der Waals surface area contributed by atoms with Gasteiger partial charge in [-0.1, -0.05) is 30.7 Å². The lowest BCUT2D eigenvalue weighted by Crippen LogP contribution is -2.69. The topological polar surface area (TPSA) is 50.8 Å². The Morgan fingerprint density at radius 1 is 1.27 bits per heavy atom. The van der Waals surface area contributed by atoms with Crippen molar-refractivity contribution in [2.24, 2.45) is 5.92 Å². The maximum Gasteiger partial charge on any atom is 0.325 e. The highest BCUT2D eigenvalue weighted by molar-refractivity contribution is 6.30. The summed E-state index contributed by atoms with van der Waals surface area (Å²) in [7, 11) is 0. The third-order valence-electron chi connectivity index (χ3n) is 5.31. The first-order valence-corrected chi connectivity index (χ1v) is 9.14. The number of amides is 2. The fraction of sp³-hybridized carbons (Fsp3) is 0.350. The molecule has 5 nitrogen and oxygen atoms in total. The van der Waals surface area contributed by atoms with Gasteiger partial charge in [0.05, 0.1) is 12.6 Å². The molecule has 0 spiro atoms. The number of hydrogen-bond donors (Lipinski definition) is 1. The molecule has 136 valence electrons. The summed E-state index contributed by atoms with van der Waals surface area (Å²) in [5.41, 5.74) is 0.836. The highest BCUT2D eigenvalue weighted by Crippen LogP contribution is 2.51. The monoisotopic (exact) mass is 372 g/mol. The van der Waals surface area contributed by atoms with Gasteiger partial charge in [-0.05, 0) is 44.2 Å². The van der Waals surface area contributed by atoms with Crippen molar-refractivity contribution in [2.45, 2.75) is 32.5 Å². The smallest absolute Gasteiger partial charge is 0.325 e. The van der Waals surface area contributed by atoms with Gasteiger partial charge < -0.3 is 14.8 Å². The Labute approximate surface area is 157 Å². The van der Waals surface area contributed by atoms with Crippen LogP contribution in [-0.2, 0) is 0 Å². The van der Waals surface area contributed by atoms with Crippen molar-refractivity contribution in [3.05, 3.63) is 53.1 Å². The van der Waals surface area contributed by atoms with Crippen LogP contribution >= 0.6 is 11.6 Å². The average Bonchev–Trinajstić information content (AvgIpc) is 2.61. The Kier molecular flexibility index (Phi) is 3.99. The maximum atomic E-state index is 12.9. The maximum absolute atomic E-state index is 12.9. The second-order valence-electron chi connectivity index (χ2n) is 6.79. The van der Waals surface area contributed by atoms with E-state index in [2.05, 4.69) is 12.2 Å². The molecule has 4 rings (SSSR count). The third-order valence-corrected chi connectivity index (χ3v) is 5.56. The van der Waals surface area contributed by atoms with Crippen LogP contribution in [0.2, 0.25) is 5.02 Å². The van der Waals surface area contributed by atoms with Crippen LogP contribution in [0.25, 0.3) is 0 Å². The molecule has 0 saturated carbocycles. The molecule has 2 aliphatic heterocycles. The highest BCUT2D eigenvalue weighted by Gasteiger charge is 2.55. The second-order valence-corrected chi connectivity index (χ2v) is 7.23. The Balaban J connectivity index is 1.84. The van der Waals surface area contributed by atoms with E-state index in [4.69, 9.17) is 21.1 Å². The number of para-hydroxylation sites is 1. The van der Waals surface area contributed by atoms with Crippen LogP contribution < -0.4 is 19.7 Å². The summed E-state index contributed by atoms with van der Waals surface area (Å²) < 4.78 is 12.2. The Hall–Kier alpha value is -2.40. The van der Waals surface area contributed by atoms with Gasteiger partial charge in [-0.15, -0.1) is 0 Å². The molecule has 3 atom stereocenters. The Morgan fingerprint density at radius 3 is 2.69 bits per heavy atom. The van der Waals surface area contributed by atoms with E-state index in [1.807, 2.05) is 44.2 Å². The Bertz CT molecular complexity index is 855. The zero-order valence-corrected chi connectivity index (χ0v) is 15.7. The van der Waals surface area contributed by atoms with Gasteiger partial charge in [-0.2, -0.15) is 0 Å². The number of benzene rings is 2. The van der Waals surface area contributed by atoms with Crippen molar-refractivity contribution < 1.29 is 14.3 Å². The van der Waals surface area contributed by atoms with E-state index in [9.17, 15) is 4.79 Å². The van der Waals surface area contributed by atoms with Gasteiger partial charge in [-0.3, -0.25) is 4.90 Å². The van der Waals surface area contributed by atoms with E-state index < -0.39 is 5.72 Å². The molecule has 6 heteroatoms. The van der Waals surface area contributed by atoms with Crippen LogP contribution in [0.15, 0.2) is 42.5 Å². The van der Waals surface area contributed by atoms with Gasteiger partial charge in [0.2, 0.25) is 0 Å². The molecule has 2 heterocycles. The highest BCUT2D eigenvalue weighted by atomic mass is 35.5. The largest absolute Gasteiger partial charge is 0.490 e. The number of nitrogens with zero attached hydrogens (tertiary/aromatic N) is 1. The van der Waals surface area contributed by atoms with Crippen LogP contribution in [0.1, 0.15) is 32.4 Å². The number of urea groups is 1. The van der Waals surface area contributed by atoms with Crippen molar-refractivity contribution in [1.29, 1.82) is 0 Å². The number of carbonyl (C=O) groups is 1. The van der Waals surface area contributed by atoms with Crippen molar-refractivity contribution in [1.82, 2.24) is 5.32 Å². The average molecular weight is 373 g/mol. The summed E-state index contributed by atoms with van der Waals surface area (Å²) >= 11 is 6.01. The quantitative estimate of drug-likeness (QED) is 0.845. The minimum absolute atomic E-state index is 0.0280. The lowest BCUT2D eigenvalue weighted by atomic mass is 9.80. The normalized spacial score (nSPS) is 26.6. The Morgan fingerprint density at radius 2 is 2.00 bits per heavy atom. The van der Waals surface area contributed by atoms with Gasteiger partial charge in [-0.25, -0.2) is 4.79 Å². The molecule has 1 N–H and O–H groups in total. The van der Waals surface area contributed by atoms with E-state index >= 15 is 0 Å². The minimum atomic E-state index is -0.846. The van der Waals surface area contributed by atoms with E-state index in [1.54, 1.807) is 17.0 Å². The van der Waals surface area contributed by atoms with E-state index in [-0.39, 0.29) is 18.0 Å². The molecular weight excluding hydrogens is 352 g/mol. The molecular formula is C20H21ClN2O3. The van der Waals surface area contributed by atoms with Gasteiger partial charge in [0.15, 0.2) is 17.2 Å². The fourth-order valence-corrected chi connectivity index (χ4v) is 3.98. The predicted octanol–water partition coefficient (Wildman–Crippen LogP) is 4.75. The summed E-state index contributed by atoms with van der Waals surface area (Å²) in [6.45, 7) is 6.52. The SMILES string of the molecule is CCOc1cccc2c1OC1(C)C(C)C2NC(=O)N1c1ccc(Cl)cc1. The van der Waals surface area contributed by atoms with Crippen LogP contribution in [0.4, 0.5) is 10.5 Å². The molecule has 0 aromatic heterocycles. The zero-order valence-electron chi connectivity index (χ0n) is 15.0. The number of anilines is 1. The number of ether oxygens (including phenoxy) is 2. The van der Waals surface area contributed by atoms with Crippen LogP contribution in [0.3, 0.4) is 0 Å². The lowest BCUT2D eigenvalue weighted by molar-refractivity contribution is -0.0150. The lowest BCUT2D eigenvalue weighted by Gasteiger charge is -2.54. The summed E-state index contributed by atoms with van der Waals surface area (Å²) in [5, 5.41) is 3.75. The predicted molar refractivity (Wildman–Crippen MR) is 101 cm³/mol. The molecule has 1 fully saturated rings. The first kappa shape index (κ1) is 17.0. The van der Waals surface area contributed by atoms with E-state index in [0.717, 1.165) is 11.3 Å². The second kappa shape index (κ2) is 6.09. The van der Waals surface area contributed by atoms with Gasteiger partial charge in [0, 0.05) is 22.2 Å². The number of rotatable bonds is 3. The number of nitrogens with one attached hydrogen (secondary N) is 1. The molecule has 2 aliphatic rings. The van der Waals surface area contributed by atoms with E-state index in [1.165, 1.54) is 0 Å². The zero-order chi connectivity index (χ0) is 18.5. The molecule has 0 radical (unpaired) electrons. The van der Waals surface area contributed by atoms with Crippen LogP contribution in [0.5, 0.6) is 11.5 Å². The number of halogens is 1. The van der Waals surface area contributed by atoms with Crippen LogP contribution in [0, 0.1) is 5.92 Å². The molecule has 2 aromatic rings. The van der Waals surface area contributed by atoms with E-state index in [0.29, 0.717) is 23.1 Å². The molecule has 3 unspecified atom stereocenters. The first-order chi connectivity index (χ1) is 12.5. The minimum Gasteiger partial charge on any atom is -0.490 e. The number of carbonyl (C=O) groups excluding carboxylic acids is 1. The van der Waals surface area contributed by atoms with Crippen LogP contribution in [-0.4, -0.2) is 18.4 Å². The summed E-state index contributed by atoms with van der Waals surface area (Å²) in [6, 6.07) is 12.7. The van der Waals surface area contributed by atoms with Crippen molar-refractivity contribution >= 4 is 23.3 Å². The summed E-state index contributed by atoms with van der Waals surface area (Å²) in [6.07, 6.45) is 0. The van der Waals surface area contributed by atoms with Gasteiger partial charge in [0.25, 0.3) is 0 Å². The van der Waals surface area contributed by atoms with Gasteiger partial charge in [0.1, 0.15) is 0 Å². The molecule has 2 bridgehead atoms. The molecule has 26 heavy (non-hydrogen) atoms. The van der Waals surface area contributed by atoms with Gasteiger partial charge >= 0.3 is 6.03 Å². The number of hydrogen-bond acceptors (Lipinski definition) is 3. The van der Waals surface area contributed by atoms with Crippen molar-refractivity contribution in [3.63, 3.8) is 0 Å². The van der Waals surface area contributed by atoms with Crippen molar-refractivity contribution in [2.75, 3.05) is 11.5 Å². The molecule has 2 amide bonds. The fourth-order valence-electron chi connectivity index (χ4n) is 3.85. The van der Waals surface area contributed by atoms with Crippen molar-refractivity contribution in [3.8, 4) is 11.5 Å². The molecule has 0 aliphatic carbocycles. The summed E-state index contributed by atoms with van der Waals surface area (Å²) in [5.74, 6) is 1.42. The summed E-state index contributed by atoms with van der Waals surface area (Å²) in [4.78, 5) is 14.6. The molecule has 2 aromatic carbocycles. The standard InChI is InChI=1S/C20H21ClN2O3/c1-4-25-16-7-5-6-15-17-12(2)20(3,26-18(15)16)23(19(24)22-17)14-10-8-13(21)9-11-14/h5-12,17H,4H2,1-3H3,(H,22,24). The third kappa shape index (κ3) is 2.42.